The Labute approximate surface area is 203 Å². The number of amides is 2. The summed E-state index contributed by atoms with van der Waals surface area (Å²) < 4.78 is 26.4. The first-order valence-corrected chi connectivity index (χ1v) is 13.7. The Kier molecular flexibility index (Phi) is 7.68. The summed E-state index contributed by atoms with van der Waals surface area (Å²) in [6.45, 7) is 11.0. The van der Waals surface area contributed by atoms with Gasteiger partial charge in [0.25, 0.3) is 8.32 Å². The highest BCUT2D eigenvalue weighted by molar-refractivity contribution is 6.99. The summed E-state index contributed by atoms with van der Waals surface area (Å²) in [5.74, 6) is -1.05. The van der Waals surface area contributed by atoms with Gasteiger partial charge in [0.05, 0.1) is 19.3 Å². The lowest BCUT2D eigenvalue weighted by molar-refractivity contribution is -0.128. The van der Waals surface area contributed by atoms with Gasteiger partial charge in [-0.15, -0.1) is 0 Å². The van der Waals surface area contributed by atoms with Crippen LogP contribution in [0, 0.1) is 5.92 Å². The molecular weight excluding hydrogens is 449 g/mol. The average molecular weight is 486 g/mol. The predicted molar refractivity (Wildman–Crippen MR) is 135 cm³/mol. The molecule has 7 heteroatoms. The molecule has 2 aromatic rings. The number of hydrogen-bond acceptors (Lipinski definition) is 4. The van der Waals surface area contributed by atoms with Crippen LogP contribution in [0.2, 0.25) is 5.04 Å². The molecule has 1 aliphatic heterocycles. The fourth-order valence-electron chi connectivity index (χ4n) is 4.74. The van der Waals surface area contributed by atoms with E-state index < -0.39 is 44.6 Å². The van der Waals surface area contributed by atoms with E-state index in [0.717, 1.165) is 15.3 Å². The molecule has 0 unspecified atom stereocenters. The number of carbonyl (C=O) groups is 2. The number of benzene rings is 2. The van der Waals surface area contributed by atoms with E-state index in [1.807, 2.05) is 36.4 Å². The smallest absolute Gasteiger partial charge is 0.417 e. The van der Waals surface area contributed by atoms with Gasteiger partial charge in [-0.1, -0.05) is 81.4 Å². The van der Waals surface area contributed by atoms with Crippen LogP contribution in [0.1, 0.15) is 48.0 Å². The lowest BCUT2D eigenvalue weighted by atomic mass is 10.0. The zero-order valence-electron chi connectivity index (χ0n) is 21.0. The largest absolute Gasteiger partial charge is 0.443 e. The molecule has 34 heavy (non-hydrogen) atoms. The van der Waals surface area contributed by atoms with Gasteiger partial charge in [-0.25, -0.2) is 9.69 Å². The van der Waals surface area contributed by atoms with Crippen molar-refractivity contribution in [3.05, 3.63) is 60.7 Å². The summed E-state index contributed by atoms with van der Waals surface area (Å²) >= 11 is 0. The van der Waals surface area contributed by atoms with E-state index in [9.17, 15) is 14.0 Å². The van der Waals surface area contributed by atoms with Gasteiger partial charge in [0.2, 0.25) is 5.91 Å². The lowest BCUT2D eigenvalue weighted by Crippen LogP contribution is -2.67. The van der Waals surface area contributed by atoms with E-state index in [1.54, 1.807) is 20.8 Å². The van der Waals surface area contributed by atoms with Crippen LogP contribution in [-0.2, 0) is 14.0 Å². The maximum absolute atomic E-state index is 14.0. The second-order valence-electron chi connectivity index (χ2n) is 10.9. The highest BCUT2D eigenvalue weighted by atomic mass is 28.4. The Morgan fingerprint density at radius 1 is 0.971 bits per heavy atom. The average Bonchev–Trinajstić information content (AvgIpc) is 3.09. The Morgan fingerprint density at radius 3 is 1.88 bits per heavy atom. The number of carbonyl (C=O) groups excluding carboxylic acids is 2. The molecule has 1 heterocycles. The maximum atomic E-state index is 14.0. The molecule has 184 valence electrons. The molecule has 0 bridgehead atoms. The van der Waals surface area contributed by atoms with Crippen molar-refractivity contribution in [2.45, 2.75) is 64.6 Å². The van der Waals surface area contributed by atoms with E-state index in [2.05, 4.69) is 45.0 Å². The second kappa shape index (κ2) is 10.00. The van der Waals surface area contributed by atoms with Crippen molar-refractivity contribution in [2.24, 2.45) is 5.92 Å². The van der Waals surface area contributed by atoms with Gasteiger partial charge in [0.15, 0.2) is 0 Å². The predicted octanol–water partition coefficient (Wildman–Crippen LogP) is 4.68. The zero-order valence-corrected chi connectivity index (χ0v) is 22.0. The molecule has 5 nitrogen and oxygen atoms in total. The molecule has 0 spiro atoms. The van der Waals surface area contributed by atoms with E-state index in [0.29, 0.717) is 0 Å². The van der Waals surface area contributed by atoms with Crippen molar-refractivity contribution >= 4 is 30.7 Å². The van der Waals surface area contributed by atoms with Crippen LogP contribution >= 0.6 is 0 Å². The minimum Gasteiger partial charge on any atom is -0.443 e. The fraction of sp³-hybridized carbons (Fsp3) is 0.481. The summed E-state index contributed by atoms with van der Waals surface area (Å²) in [6, 6.07) is 19.5. The molecule has 2 amide bonds. The Balaban J connectivity index is 2.04. The van der Waals surface area contributed by atoms with Crippen LogP contribution in [0.5, 0.6) is 0 Å². The monoisotopic (exact) mass is 485 g/mol. The van der Waals surface area contributed by atoms with Gasteiger partial charge in [-0.3, -0.25) is 9.18 Å². The summed E-state index contributed by atoms with van der Waals surface area (Å²) in [5, 5.41) is 1.89. The van der Waals surface area contributed by atoms with Crippen molar-refractivity contribution < 1.29 is 23.1 Å². The normalized spacial score (nSPS) is 19.4. The Bertz CT molecular complexity index is 946. The van der Waals surface area contributed by atoms with Crippen molar-refractivity contribution in [1.82, 2.24) is 4.90 Å². The first-order valence-electron chi connectivity index (χ1n) is 11.8. The summed E-state index contributed by atoms with van der Waals surface area (Å²) in [5.41, 5.74) is -0.769. The molecule has 1 fully saturated rings. The van der Waals surface area contributed by atoms with Crippen molar-refractivity contribution in [3.8, 4) is 0 Å². The minimum atomic E-state index is -2.90. The van der Waals surface area contributed by atoms with Crippen LogP contribution in [0.4, 0.5) is 9.18 Å². The number of halogens is 1. The number of rotatable bonds is 6. The molecule has 2 atom stereocenters. The third-order valence-electron chi connectivity index (χ3n) is 6.26. The first kappa shape index (κ1) is 26.1. The highest BCUT2D eigenvalue weighted by Gasteiger charge is 2.52. The van der Waals surface area contributed by atoms with E-state index in [1.165, 1.54) is 0 Å². The standard InChI is InChI=1S/C27H36FNO4Si/c1-26(2,3)33-25(31)29-23(20(18-28)17-24(29)30)19-32-34(27(4,5)6,21-13-9-7-10-14-21)22-15-11-8-12-16-22/h7-16,20,23H,17-19H2,1-6H3/t20-,23-/m1/s1. The number of nitrogens with zero attached hydrogens (tertiary/aromatic N) is 1. The molecule has 3 rings (SSSR count). The van der Waals surface area contributed by atoms with Crippen LogP contribution < -0.4 is 10.4 Å². The number of likely N-dealkylation sites (tertiary alicyclic amines) is 1. The van der Waals surface area contributed by atoms with Crippen molar-refractivity contribution in [3.63, 3.8) is 0 Å². The van der Waals surface area contributed by atoms with E-state index in [-0.39, 0.29) is 18.1 Å². The van der Waals surface area contributed by atoms with Gasteiger partial charge in [0, 0.05) is 12.3 Å². The van der Waals surface area contributed by atoms with Gasteiger partial charge in [0.1, 0.15) is 5.60 Å². The number of ether oxygens (including phenoxy) is 1. The molecule has 0 N–H and O–H groups in total. The van der Waals surface area contributed by atoms with Gasteiger partial charge in [-0.2, -0.15) is 0 Å². The topological polar surface area (TPSA) is 55.8 Å². The van der Waals surface area contributed by atoms with Crippen LogP contribution in [0.3, 0.4) is 0 Å². The number of imide groups is 1. The van der Waals surface area contributed by atoms with Gasteiger partial charge < -0.3 is 9.16 Å². The highest BCUT2D eigenvalue weighted by Crippen LogP contribution is 2.38. The minimum absolute atomic E-state index is 0.0372. The Morgan fingerprint density at radius 2 is 1.47 bits per heavy atom. The third-order valence-corrected chi connectivity index (χ3v) is 11.3. The van der Waals surface area contributed by atoms with Crippen molar-refractivity contribution in [1.29, 1.82) is 0 Å². The maximum Gasteiger partial charge on any atom is 0.417 e. The van der Waals surface area contributed by atoms with Gasteiger partial charge in [-0.05, 0) is 36.2 Å². The molecule has 0 aromatic heterocycles. The number of alkyl halides is 1. The molecule has 1 saturated heterocycles. The van der Waals surface area contributed by atoms with E-state index >= 15 is 0 Å². The molecular formula is C27H36FNO4Si. The molecule has 0 radical (unpaired) electrons. The molecule has 0 aliphatic carbocycles. The number of hydrogen-bond donors (Lipinski definition) is 0. The summed E-state index contributed by atoms with van der Waals surface area (Å²) in [4.78, 5) is 26.8. The SMILES string of the molecule is CC(C)(C)OC(=O)N1C(=O)C[C@H](CF)[C@H]1CO[Si](c1ccccc1)(c1ccccc1)C(C)(C)C. The summed E-state index contributed by atoms with van der Waals surface area (Å²) in [6.07, 6.45) is -0.783. The Hall–Kier alpha value is -2.51. The van der Waals surface area contributed by atoms with E-state index in [4.69, 9.17) is 9.16 Å². The first-order chi connectivity index (χ1) is 15.9. The zero-order chi connectivity index (χ0) is 25.1. The fourth-order valence-corrected chi connectivity index (χ4v) is 9.32. The molecule has 2 aromatic carbocycles. The molecule has 1 aliphatic rings. The van der Waals surface area contributed by atoms with Crippen LogP contribution in [0.25, 0.3) is 0 Å². The molecule has 0 saturated carbocycles. The third kappa shape index (κ3) is 5.25. The van der Waals surface area contributed by atoms with Crippen LogP contribution in [-0.4, -0.2) is 50.1 Å². The van der Waals surface area contributed by atoms with Crippen LogP contribution in [0.15, 0.2) is 60.7 Å². The summed E-state index contributed by atoms with van der Waals surface area (Å²) in [7, 11) is -2.90. The second-order valence-corrected chi connectivity index (χ2v) is 15.2. The quantitative estimate of drug-likeness (QED) is 0.558. The van der Waals surface area contributed by atoms with Gasteiger partial charge >= 0.3 is 6.09 Å². The lowest BCUT2D eigenvalue weighted by Gasteiger charge is -2.44. The van der Waals surface area contributed by atoms with Crippen molar-refractivity contribution in [2.75, 3.05) is 13.3 Å².